The van der Waals surface area contributed by atoms with E-state index in [0.29, 0.717) is 17.8 Å². The van der Waals surface area contributed by atoms with Crippen LogP contribution in [-0.4, -0.2) is 40.2 Å². The molecule has 2 rings (SSSR count). The fourth-order valence-electron chi connectivity index (χ4n) is 2.88. The lowest BCUT2D eigenvalue weighted by molar-refractivity contribution is -0.195. The van der Waals surface area contributed by atoms with Gasteiger partial charge in [-0.05, 0) is 24.8 Å². The van der Waals surface area contributed by atoms with E-state index in [9.17, 15) is 19.2 Å². The van der Waals surface area contributed by atoms with E-state index in [1.165, 1.54) is 30.2 Å². The second-order valence-corrected chi connectivity index (χ2v) is 8.70. The monoisotopic (exact) mass is 475 g/mol. The maximum atomic E-state index is 12.4. The van der Waals surface area contributed by atoms with Crippen molar-refractivity contribution in [1.29, 1.82) is 0 Å². The van der Waals surface area contributed by atoms with Gasteiger partial charge in [0.1, 0.15) is 29.4 Å². The molecule has 1 heterocycles. The van der Waals surface area contributed by atoms with Crippen LogP contribution in [0.4, 0.5) is 0 Å². The van der Waals surface area contributed by atoms with Gasteiger partial charge in [0, 0.05) is 12.3 Å². The molecule has 0 fully saturated rings. The lowest BCUT2D eigenvalue weighted by Crippen LogP contribution is -2.50. The first-order valence-electron chi connectivity index (χ1n) is 10.4. The normalized spacial score (nSPS) is 12.5. The van der Waals surface area contributed by atoms with Crippen LogP contribution >= 0.6 is 11.3 Å². The molecule has 4 amide bonds. The molecule has 1 unspecified atom stereocenters. The molecule has 11 heteroatoms. The number of hydrogen-bond donors (Lipinski definition) is 3. The van der Waals surface area contributed by atoms with Gasteiger partial charge in [0.15, 0.2) is 0 Å². The number of hydrogen-bond acceptors (Lipinski definition) is 7. The van der Waals surface area contributed by atoms with E-state index in [4.69, 9.17) is 4.84 Å². The Kier molecular flexibility index (Phi) is 9.95. The number of nitrogens with zero attached hydrogens (tertiary/aromatic N) is 2. The average molecular weight is 476 g/mol. The number of nitrogens with one attached hydrogen (secondary N) is 3. The molecule has 3 N–H and O–H groups in total. The molecule has 33 heavy (non-hydrogen) atoms. The minimum atomic E-state index is -0.813. The highest BCUT2D eigenvalue weighted by atomic mass is 32.1. The Balaban J connectivity index is 2.06. The number of amides is 4. The van der Waals surface area contributed by atoms with Gasteiger partial charge < -0.3 is 5.32 Å². The summed E-state index contributed by atoms with van der Waals surface area (Å²) in [5.74, 6) is -1.33. The summed E-state index contributed by atoms with van der Waals surface area (Å²) in [5, 5.41) is 5.72. The molecule has 0 radical (unpaired) electrons. The van der Waals surface area contributed by atoms with E-state index in [-0.39, 0.29) is 24.1 Å². The van der Waals surface area contributed by atoms with Crippen LogP contribution in [0.3, 0.4) is 0 Å². The Labute approximate surface area is 196 Å². The maximum Gasteiger partial charge on any atom is 0.289 e. The zero-order chi connectivity index (χ0) is 24.4. The number of hydroxylamine groups is 2. The van der Waals surface area contributed by atoms with Gasteiger partial charge in [-0.15, -0.1) is 11.3 Å². The summed E-state index contributed by atoms with van der Waals surface area (Å²) in [5.41, 5.74) is 5.53. The Morgan fingerprint density at radius 2 is 1.85 bits per heavy atom. The number of benzene rings is 1. The van der Waals surface area contributed by atoms with Crippen LogP contribution in [-0.2, 0) is 25.8 Å². The summed E-state index contributed by atoms with van der Waals surface area (Å²) < 4.78 is 0. The average Bonchev–Trinajstić information content (AvgIpc) is 3.27. The predicted octanol–water partition coefficient (Wildman–Crippen LogP) is 2.11. The summed E-state index contributed by atoms with van der Waals surface area (Å²) in [7, 11) is 0. The smallest absolute Gasteiger partial charge is 0.289 e. The molecule has 2 aromatic rings. The Morgan fingerprint density at radius 3 is 2.45 bits per heavy atom. The zero-order valence-electron chi connectivity index (χ0n) is 19.0. The molecule has 10 nitrogen and oxygen atoms in total. The van der Waals surface area contributed by atoms with Crippen LogP contribution in [0.15, 0.2) is 35.7 Å². The highest BCUT2D eigenvalue weighted by molar-refractivity contribution is 7.09. The lowest BCUT2D eigenvalue weighted by Gasteiger charge is -2.27. The predicted molar refractivity (Wildman–Crippen MR) is 122 cm³/mol. The fraction of sp³-hybridized carbons (Fsp3) is 0.409. The van der Waals surface area contributed by atoms with Gasteiger partial charge >= 0.3 is 0 Å². The molecule has 1 aromatic heterocycles. The standard InChI is InChI=1S/C22H29N5O5S/c1-14(2)10-19(27(13-28)32-11-17-8-6-5-7-9-17)22-24-18(12-33-22)21(31)26-25-20(30)15(3)23-16(4)29/h5-9,12-15,19H,10-11H2,1-4H3,(H,23,29)(H,25,30)(H,26,31)/t15-,19?/m0/s1. The molecule has 0 aliphatic rings. The van der Waals surface area contributed by atoms with Crippen LogP contribution < -0.4 is 16.2 Å². The SMILES string of the molecule is CC(=O)N[C@@H](C)C(=O)NNC(=O)c1csc(C(CC(C)C)N(C=O)OCc2ccccc2)n1. The first-order chi connectivity index (χ1) is 15.7. The van der Waals surface area contributed by atoms with Crippen molar-refractivity contribution < 1.29 is 24.0 Å². The highest BCUT2D eigenvalue weighted by Gasteiger charge is 2.26. The van der Waals surface area contributed by atoms with Gasteiger partial charge in [0.2, 0.25) is 12.3 Å². The van der Waals surface area contributed by atoms with Gasteiger partial charge in [-0.25, -0.2) is 10.0 Å². The van der Waals surface area contributed by atoms with Crippen molar-refractivity contribution in [3.05, 3.63) is 52.0 Å². The third kappa shape index (κ3) is 8.28. The number of carbonyl (C=O) groups is 4. The fourth-order valence-corrected chi connectivity index (χ4v) is 3.78. The molecule has 178 valence electrons. The summed E-state index contributed by atoms with van der Waals surface area (Å²) in [6.07, 6.45) is 1.19. The minimum Gasteiger partial charge on any atom is -0.345 e. The second-order valence-electron chi connectivity index (χ2n) is 7.81. The molecule has 0 saturated heterocycles. The van der Waals surface area contributed by atoms with Gasteiger partial charge in [-0.3, -0.25) is 34.9 Å². The van der Waals surface area contributed by atoms with Crippen LogP contribution in [0, 0.1) is 5.92 Å². The van der Waals surface area contributed by atoms with E-state index >= 15 is 0 Å². The first-order valence-corrected chi connectivity index (χ1v) is 11.3. The largest absolute Gasteiger partial charge is 0.345 e. The topological polar surface area (TPSA) is 130 Å². The third-order valence-electron chi connectivity index (χ3n) is 4.48. The number of rotatable bonds is 11. The van der Waals surface area contributed by atoms with Crippen LogP contribution in [0.5, 0.6) is 0 Å². The number of thiazole rings is 1. The third-order valence-corrected chi connectivity index (χ3v) is 5.43. The Morgan fingerprint density at radius 1 is 1.15 bits per heavy atom. The Bertz CT molecular complexity index is 950. The molecule has 0 spiro atoms. The van der Waals surface area contributed by atoms with Gasteiger partial charge in [-0.1, -0.05) is 44.2 Å². The molecule has 0 aliphatic carbocycles. The number of carbonyl (C=O) groups excluding carboxylic acids is 4. The molecule has 1 aromatic carbocycles. The van der Waals surface area contributed by atoms with Gasteiger partial charge in [0.05, 0.1) is 0 Å². The molecule has 0 bridgehead atoms. The van der Waals surface area contributed by atoms with Crippen molar-refractivity contribution in [3.8, 4) is 0 Å². The summed E-state index contributed by atoms with van der Waals surface area (Å²) >= 11 is 1.22. The van der Waals surface area contributed by atoms with Crippen LogP contribution in [0.25, 0.3) is 0 Å². The van der Waals surface area contributed by atoms with Crippen LogP contribution in [0.1, 0.15) is 61.2 Å². The van der Waals surface area contributed by atoms with Crippen molar-refractivity contribution >= 4 is 35.5 Å². The number of aromatic nitrogens is 1. The highest BCUT2D eigenvalue weighted by Crippen LogP contribution is 2.30. The quantitative estimate of drug-likeness (QED) is 0.337. The van der Waals surface area contributed by atoms with Gasteiger partial charge in [0.25, 0.3) is 11.8 Å². The molecule has 0 saturated carbocycles. The Hall–Kier alpha value is -3.31. The van der Waals surface area contributed by atoms with E-state index in [2.05, 4.69) is 21.2 Å². The maximum absolute atomic E-state index is 12.4. The summed E-state index contributed by atoms with van der Waals surface area (Å²) in [6, 6.07) is 8.17. The van der Waals surface area contributed by atoms with E-state index in [1.54, 1.807) is 5.38 Å². The van der Waals surface area contributed by atoms with Crippen molar-refractivity contribution in [1.82, 2.24) is 26.2 Å². The van der Waals surface area contributed by atoms with Gasteiger partial charge in [-0.2, -0.15) is 0 Å². The van der Waals surface area contributed by atoms with Crippen molar-refractivity contribution in [2.24, 2.45) is 5.92 Å². The van der Waals surface area contributed by atoms with E-state index in [0.717, 1.165) is 5.56 Å². The van der Waals surface area contributed by atoms with Crippen molar-refractivity contribution in [2.45, 2.75) is 52.8 Å². The molecule has 2 atom stereocenters. The molecular formula is C22H29N5O5S. The first kappa shape index (κ1) is 25.9. The van der Waals surface area contributed by atoms with Crippen molar-refractivity contribution in [2.75, 3.05) is 0 Å². The second kappa shape index (κ2) is 12.7. The summed E-state index contributed by atoms with van der Waals surface area (Å²) in [4.78, 5) is 57.3. The minimum absolute atomic E-state index is 0.0881. The van der Waals surface area contributed by atoms with E-state index < -0.39 is 23.9 Å². The molecular weight excluding hydrogens is 446 g/mol. The number of hydrazine groups is 1. The zero-order valence-corrected chi connectivity index (χ0v) is 19.8. The molecule has 0 aliphatic heterocycles. The van der Waals surface area contributed by atoms with Crippen molar-refractivity contribution in [3.63, 3.8) is 0 Å². The summed E-state index contributed by atoms with van der Waals surface area (Å²) in [6.45, 7) is 7.02. The van der Waals surface area contributed by atoms with Crippen LogP contribution in [0.2, 0.25) is 0 Å². The lowest BCUT2D eigenvalue weighted by atomic mass is 10.0. The van der Waals surface area contributed by atoms with E-state index in [1.807, 2.05) is 44.2 Å².